The molecule has 8 heteroatoms. The molecule has 0 aliphatic carbocycles. The van der Waals surface area contributed by atoms with Crippen LogP contribution < -0.4 is 11.1 Å². The van der Waals surface area contributed by atoms with E-state index in [9.17, 15) is 9.59 Å². The lowest BCUT2D eigenvalue weighted by atomic mass is 10.2. The first kappa shape index (κ1) is 18.3. The molecule has 1 aromatic carbocycles. The SMILES string of the molecule is Cc1sc2ncnc(Sc3ccccc3C(=O)N[C@H](C)C(N)=O)c2c1C. The number of carbonyl (C=O) groups excluding carboxylic acids is 2. The van der Waals surface area contributed by atoms with Crippen LogP contribution in [0.25, 0.3) is 10.2 Å². The third kappa shape index (κ3) is 3.56. The molecule has 2 aromatic heterocycles. The number of aryl methyl sites for hydroxylation is 2. The van der Waals surface area contributed by atoms with Gasteiger partial charge in [-0.3, -0.25) is 9.59 Å². The van der Waals surface area contributed by atoms with Crippen LogP contribution in [0.1, 0.15) is 27.7 Å². The second-order valence-corrected chi connectivity index (χ2v) is 8.07. The number of rotatable bonds is 5. The topological polar surface area (TPSA) is 98.0 Å². The lowest BCUT2D eigenvalue weighted by Crippen LogP contribution is -2.42. The van der Waals surface area contributed by atoms with E-state index in [4.69, 9.17) is 5.73 Å². The molecule has 0 aliphatic heterocycles. The summed E-state index contributed by atoms with van der Waals surface area (Å²) in [6.45, 7) is 5.67. The third-order valence-electron chi connectivity index (χ3n) is 4.04. The van der Waals surface area contributed by atoms with Crippen LogP contribution in [0.2, 0.25) is 0 Å². The van der Waals surface area contributed by atoms with Crippen molar-refractivity contribution in [1.29, 1.82) is 0 Å². The second-order valence-electron chi connectivity index (χ2n) is 5.84. The maximum atomic E-state index is 12.5. The van der Waals surface area contributed by atoms with Crippen molar-refractivity contribution in [2.75, 3.05) is 0 Å². The summed E-state index contributed by atoms with van der Waals surface area (Å²) in [6, 6.07) is 6.48. The Bertz CT molecular complexity index is 1000. The first-order valence-electron chi connectivity index (χ1n) is 7.96. The summed E-state index contributed by atoms with van der Waals surface area (Å²) in [5.74, 6) is -0.923. The van der Waals surface area contributed by atoms with Gasteiger partial charge in [0.25, 0.3) is 5.91 Å². The molecule has 0 fully saturated rings. The molecule has 0 aliphatic rings. The molecule has 0 saturated carbocycles. The van der Waals surface area contributed by atoms with Gasteiger partial charge >= 0.3 is 0 Å². The Morgan fingerprint density at radius 2 is 1.96 bits per heavy atom. The molecule has 1 atom stereocenters. The van der Waals surface area contributed by atoms with Gasteiger partial charge in [0.05, 0.1) is 5.56 Å². The van der Waals surface area contributed by atoms with Gasteiger partial charge in [0.15, 0.2) is 0 Å². The van der Waals surface area contributed by atoms with Crippen LogP contribution in [0, 0.1) is 13.8 Å². The highest BCUT2D eigenvalue weighted by Gasteiger charge is 2.19. The normalized spacial score (nSPS) is 12.1. The molecule has 2 heterocycles. The van der Waals surface area contributed by atoms with Gasteiger partial charge in [-0.1, -0.05) is 23.9 Å². The molecule has 0 radical (unpaired) electrons. The van der Waals surface area contributed by atoms with E-state index in [-0.39, 0.29) is 5.91 Å². The van der Waals surface area contributed by atoms with Crippen LogP contribution in [0.5, 0.6) is 0 Å². The van der Waals surface area contributed by atoms with E-state index >= 15 is 0 Å². The van der Waals surface area contributed by atoms with Crippen molar-refractivity contribution in [3.63, 3.8) is 0 Å². The number of nitrogens with zero attached hydrogens (tertiary/aromatic N) is 2. The van der Waals surface area contributed by atoms with Crippen molar-refractivity contribution in [1.82, 2.24) is 15.3 Å². The van der Waals surface area contributed by atoms with Gasteiger partial charge in [0, 0.05) is 15.2 Å². The average molecular weight is 387 g/mol. The van der Waals surface area contributed by atoms with Gasteiger partial charge in [-0.15, -0.1) is 11.3 Å². The summed E-state index contributed by atoms with van der Waals surface area (Å²) in [7, 11) is 0. The van der Waals surface area contributed by atoms with Gasteiger partial charge in [0.1, 0.15) is 22.2 Å². The number of nitrogens with one attached hydrogen (secondary N) is 1. The van der Waals surface area contributed by atoms with Gasteiger partial charge in [-0.05, 0) is 38.5 Å². The highest BCUT2D eigenvalue weighted by atomic mass is 32.2. The first-order chi connectivity index (χ1) is 12.4. The maximum absolute atomic E-state index is 12.5. The smallest absolute Gasteiger partial charge is 0.253 e. The lowest BCUT2D eigenvalue weighted by molar-refractivity contribution is -0.119. The van der Waals surface area contributed by atoms with E-state index in [2.05, 4.69) is 29.1 Å². The maximum Gasteiger partial charge on any atom is 0.253 e. The number of benzene rings is 1. The predicted octanol–water partition coefficient (Wildman–Crippen LogP) is 3.06. The molecular formula is C18H18N4O2S2. The summed E-state index contributed by atoms with van der Waals surface area (Å²) >= 11 is 3.04. The fraction of sp³-hybridized carbons (Fsp3) is 0.222. The molecule has 3 N–H and O–H groups in total. The van der Waals surface area contributed by atoms with Crippen LogP contribution in [-0.4, -0.2) is 27.8 Å². The van der Waals surface area contributed by atoms with E-state index in [0.29, 0.717) is 5.56 Å². The quantitative estimate of drug-likeness (QED) is 0.657. The summed E-state index contributed by atoms with van der Waals surface area (Å²) in [4.78, 5) is 35.4. The van der Waals surface area contributed by atoms with Crippen LogP contribution >= 0.6 is 23.1 Å². The van der Waals surface area contributed by atoms with E-state index in [0.717, 1.165) is 25.7 Å². The standard InChI is InChI=1S/C18H18N4O2S2/c1-9-11(3)25-17-14(9)18(21-8-20-17)26-13-7-5-4-6-12(13)16(24)22-10(2)15(19)23/h4-8,10H,1-3H3,(H2,19,23)(H,22,24)/t10-/m1/s1. The summed E-state index contributed by atoms with van der Waals surface area (Å²) in [6.07, 6.45) is 1.54. The molecule has 2 amide bonds. The number of nitrogens with two attached hydrogens (primary N) is 1. The molecule has 0 spiro atoms. The number of amides is 2. The molecule has 0 unspecified atom stereocenters. The minimum atomic E-state index is -0.743. The summed E-state index contributed by atoms with van der Waals surface area (Å²) in [5, 5.41) is 4.44. The number of primary amides is 1. The summed E-state index contributed by atoms with van der Waals surface area (Å²) in [5.41, 5.74) is 6.85. The number of hydrogen-bond acceptors (Lipinski definition) is 6. The fourth-order valence-electron chi connectivity index (χ4n) is 2.42. The first-order valence-corrected chi connectivity index (χ1v) is 9.59. The van der Waals surface area contributed by atoms with Gasteiger partial charge in [-0.2, -0.15) is 0 Å². The Kier molecular flexibility index (Phi) is 5.24. The molecule has 0 bridgehead atoms. The largest absolute Gasteiger partial charge is 0.368 e. The van der Waals surface area contributed by atoms with Gasteiger partial charge in [0.2, 0.25) is 5.91 Å². The predicted molar refractivity (Wildman–Crippen MR) is 104 cm³/mol. The van der Waals surface area contributed by atoms with Crippen molar-refractivity contribution in [2.45, 2.75) is 36.7 Å². The second kappa shape index (κ2) is 7.43. The van der Waals surface area contributed by atoms with Crippen molar-refractivity contribution < 1.29 is 9.59 Å². The molecular weight excluding hydrogens is 368 g/mol. The zero-order valence-corrected chi connectivity index (χ0v) is 16.2. The Labute approximate surface area is 159 Å². The Hall–Kier alpha value is -2.45. The van der Waals surface area contributed by atoms with E-state index in [1.807, 2.05) is 12.1 Å². The molecule has 0 saturated heterocycles. The number of carbonyl (C=O) groups is 2. The van der Waals surface area contributed by atoms with Crippen LogP contribution in [0.15, 0.2) is 40.5 Å². The number of fused-ring (bicyclic) bond motifs is 1. The van der Waals surface area contributed by atoms with Gasteiger partial charge < -0.3 is 11.1 Å². The molecule has 6 nitrogen and oxygen atoms in total. The van der Waals surface area contributed by atoms with Crippen molar-refractivity contribution in [3.8, 4) is 0 Å². The number of aromatic nitrogens is 2. The van der Waals surface area contributed by atoms with E-state index in [1.54, 1.807) is 30.4 Å². The number of thiophene rings is 1. The minimum absolute atomic E-state index is 0.345. The molecule has 134 valence electrons. The monoisotopic (exact) mass is 386 g/mol. The molecule has 3 rings (SSSR count). The average Bonchev–Trinajstić information content (AvgIpc) is 2.90. The molecule has 26 heavy (non-hydrogen) atoms. The van der Waals surface area contributed by atoms with Crippen molar-refractivity contribution >= 4 is 45.1 Å². The van der Waals surface area contributed by atoms with E-state index in [1.165, 1.54) is 23.0 Å². The molecule has 3 aromatic rings. The fourth-order valence-corrected chi connectivity index (χ4v) is 4.56. The van der Waals surface area contributed by atoms with E-state index < -0.39 is 11.9 Å². The Morgan fingerprint density at radius 3 is 2.69 bits per heavy atom. The highest BCUT2D eigenvalue weighted by molar-refractivity contribution is 7.99. The zero-order valence-electron chi connectivity index (χ0n) is 14.6. The third-order valence-corrected chi connectivity index (χ3v) is 6.24. The summed E-state index contributed by atoms with van der Waals surface area (Å²) < 4.78 is 0. The number of hydrogen-bond donors (Lipinski definition) is 2. The zero-order chi connectivity index (χ0) is 18.8. The van der Waals surface area contributed by atoms with Crippen LogP contribution in [0.4, 0.5) is 0 Å². The van der Waals surface area contributed by atoms with Crippen molar-refractivity contribution in [2.24, 2.45) is 5.73 Å². The van der Waals surface area contributed by atoms with Gasteiger partial charge in [-0.25, -0.2) is 9.97 Å². The van der Waals surface area contributed by atoms with Crippen LogP contribution in [0.3, 0.4) is 0 Å². The lowest BCUT2D eigenvalue weighted by Gasteiger charge is -2.13. The Morgan fingerprint density at radius 1 is 1.23 bits per heavy atom. The Balaban J connectivity index is 1.97. The minimum Gasteiger partial charge on any atom is -0.368 e. The highest BCUT2D eigenvalue weighted by Crippen LogP contribution is 2.38. The van der Waals surface area contributed by atoms with Crippen LogP contribution in [-0.2, 0) is 4.79 Å². The van der Waals surface area contributed by atoms with Crippen molar-refractivity contribution in [3.05, 3.63) is 46.6 Å².